The van der Waals surface area contributed by atoms with Crippen LogP contribution >= 0.6 is 0 Å². The number of hydrogen-bond acceptors (Lipinski definition) is 5. The van der Waals surface area contributed by atoms with Crippen molar-refractivity contribution in [3.63, 3.8) is 0 Å². The number of hydroxylamine groups is 1. The van der Waals surface area contributed by atoms with E-state index in [1.54, 1.807) is 11.6 Å². The number of imidazole rings is 1. The summed E-state index contributed by atoms with van der Waals surface area (Å²) in [7, 11) is 2.77. The Hall–Kier alpha value is -2.81. The van der Waals surface area contributed by atoms with E-state index in [1.165, 1.54) is 6.08 Å². The first-order chi connectivity index (χ1) is 15.2. The Balaban J connectivity index is 2.03. The number of aromatic nitrogens is 2. The van der Waals surface area contributed by atoms with Gasteiger partial charge in [-0.2, -0.15) is 0 Å². The molecule has 0 aliphatic carbocycles. The van der Waals surface area contributed by atoms with Crippen molar-refractivity contribution in [2.45, 2.75) is 31.3 Å². The molecule has 170 valence electrons. The van der Waals surface area contributed by atoms with Crippen LogP contribution in [0.25, 0.3) is 17.1 Å². The van der Waals surface area contributed by atoms with Gasteiger partial charge in [-0.1, -0.05) is 50.2 Å². The lowest BCUT2D eigenvalue weighted by molar-refractivity contribution is -0.124. The number of benzene rings is 2. The van der Waals surface area contributed by atoms with Gasteiger partial charge in [0.25, 0.3) is 5.91 Å². The predicted octanol–water partition coefficient (Wildman–Crippen LogP) is 3.45. The zero-order valence-corrected chi connectivity index (χ0v) is 19.7. The Morgan fingerprint density at radius 2 is 1.94 bits per heavy atom. The fourth-order valence-electron chi connectivity index (χ4n) is 3.89. The highest BCUT2D eigenvalue weighted by Gasteiger charge is 2.25. The molecule has 1 atom stereocenters. The van der Waals surface area contributed by atoms with Crippen molar-refractivity contribution in [2.75, 3.05) is 20.6 Å². The van der Waals surface area contributed by atoms with Crippen molar-refractivity contribution in [1.29, 1.82) is 0 Å². The van der Waals surface area contributed by atoms with Crippen LogP contribution in [0, 0.1) is 5.41 Å². The van der Waals surface area contributed by atoms with Gasteiger partial charge < -0.3 is 9.47 Å². The van der Waals surface area contributed by atoms with Crippen LogP contribution in [0.5, 0.6) is 0 Å². The zero-order chi connectivity index (χ0) is 23.3. The highest BCUT2D eigenvalue weighted by molar-refractivity contribution is 7.84. The minimum absolute atomic E-state index is 0.0688. The van der Waals surface area contributed by atoms with Crippen molar-refractivity contribution >= 4 is 33.8 Å². The maximum atomic E-state index is 13.4. The summed E-state index contributed by atoms with van der Waals surface area (Å²) in [6.07, 6.45) is 2.84. The monoisotopic (exact) mass is 454 g/mol. The largest absolute Gasteiger partial charge is 0.316 e. The first-order valence-electron chi connectivity index (χ1n) is 10.4. The van der Waals surface area contributed by atoms with E-state index >= 15 is 0 Å². The summed E-state index contributed by atoms with van der Waals surface area (Å²) >= 11 is 0. The van der Waals surface area contributed by atoms with E-state index in [1.807, 2.05) is 62.6 Å². The van der Waals surface area contributed by atoms with Gasteiger partial charge in [0.1, 0.15) is 0 Å². The summed E-state index contributed by atoms with van der Waals surface area (Å²) in [5.41, 5.74) is 4.88. The molecule has 0 radical (unpaired) electrons. The molecule has 2 aromatic carbocycles. The molecule has 0 saturated heterocycles. The van der Waals surface area contributed by atoms with Gasteiger partial charge in [-0.3, -0.25) is 14.2 Å². The molecule has 32 heavy (non-hydrogen) atoms. The minimum atomic E-state index is -1.32. The average Bonchev–Trinajstić information content (AvgIpc) is 3.08. The van der Waals surface area contributed by atoms with Crippen molar-refractivity contribution in [3.8, 4) is 0 Å². The van der Waals surface area contributed by atoms with Crippen molar-refractivity contribution < 1.29 is 14.2 Å². The standard InChI is InChI=1S/C24H30N4O3S/c1-24(2,16-27(3)4)17-28-21-12-10-18(11-13-22(29)26-30)14-20(21)25-23(28)32(31)15-19-8-6-5-7-9-19/h5-14,30H,15-17H2,1-4H3,(H,26,29)/b13-11+. The molecule has 8 heteroatoms. The molecular weight excluding hydrogens is 424 g/mol. The van der Waals surface area contributed by atoms with E-state index in [9.17, 15) is 9.00 Å². The first kappa shape index (κ1) is 23.8. The molecular formula is C24H30N4O3S. The smallest absolute Gasteiger partial charge is 0.267 e. The van der Waals surface area contributed by atoms with Crippen molar-refractivity contribution in [3.05, 3.63) is 65.7 Å². The van der Waals surface area contributed by atoms with Crippen LogP contribution in [-0.4, -0.2) is 50.4 Å². The molecule has 7 nitrogen and oxygen atoms in total. The second kappa shape index (κ2) is 10.2. The third-order valence-corrected chi connectivity index (χ3v) is 6.26. The number of carbonyl (C=O) groups excluding carboxylic acids is 1. The third kappa shape index (κ3) is 6.12. The molecule has 1 unspecified atom stereocenters. The highest BCUT2D eigenvalue weighted by atomic mass is 32.2. The Labute approximate surface area is 191 Å². The van der Waals surface area contributed by atoms with Gasteiger partial charge in [-0.05, 0) is 48.8 Å². The summed E-state index contributed by atoms with van der Waals surface area (Å²) in [6, 6.07) is 15.4. The van der Waals surface area contributed by atoms with Gasteiger partial charge >= 0.3 is 0 Å². The van der Waals surface area contributed by atoms with Gasteiger partial charge in [-0.25, -0.2) is 10.5 Å². The molecule has 0 fully saturated rings. The Bertz CT molecular complexity index is 1140. The van der Waals surface area contributed by atoms with Gasteiger partial charge in [-0.15, -0.1) is 0 Å². The zero-order valence-electron chi connectivity index (χ0n) is 18.9. The lowest BCUT2D eigenvalue weighted by atomic mass is 9.93. The maximum absolute atomic E-state index is 13.4. The molecule has 0 bridgehead atoms. The second-order valence-corrected chi connectivity index (χ2v) is 10.3. The van der Waals surface area contributed by atoms with Gasteiger partial charge in [0, 0.05) is 19.2 Å². The van der Waals surface area contributed by atoms with E-state index in [4.69, 9.17) is 10.2 Å². The van der Waals surface area contributed by atoms with Crippen molar-refractivity contribution in [2.24, 2.45) is 5.41 Å². The van der Waals surface area contributed by atoms with E-state index in [0.717, 1.165) is 23.2 Å². The Morgan fingerprint density at radius 3 is 2.59 bits per heavy atom. The van der Waals surface area contributed by atoms with Crippen molar-refractivity contribution in [1.82, 2.24) is 19.9 Å². The van der Waals surface area contributed by atoms with E-state index in [2.05, 4.69) is 23.3 Å². The van der Waals surface area contributed by atoms with Crippen LogP contribution in [0.4, 0.5) is 0 Å². The number of rotatable bonds is 9. The lowest BCUT2D eigenvalue weighted by Gasteiger charge is -2.29. The Kier molecular flexibility index (Phi) is 7.60. The summed E-state index contributed by atoms with van der Waals surface area (Å²) in [4.78, 5) is 18.2. The van der Waals surface area contributed by atoms with Gasteiger partial charge in [0.15, 0.2) is 5.16 Å². The number of amides is 1. The topological polar surface area (TPSA) is 87.5 Å². The fourth-order valence-corrected chi connectivity index (χ4v) is 5.12. The van der Waals surface area contributed by atoms with Crippen LogP contribution in [0.3, 0.4) is 0 Å². The van der Waals surface area contributed by atoms with Crippen LogP contribution in [0.1, 0.15) is 25.0 Å². The maximum Gasteiger partial charge on any atom is 0.267 e. The molecule has 2 N–H and O–H groups in total. The second-order valence-electron chi connectivity index (χ2n) is 8.92. The molecule has 1 heterocycles. The quantitative estimate of drug-likeness (QED) is 0.294. The number of nitrogens with zero attached hydrogens (tertiary/aromatic N) is 3. The third-order valence-electron chi connectivity index (χ3n) is 4.95. The molecule has 0 spiro atoms. The summed E-state index contributed by atoms with van der Waals surface area (Å²) in [6.45, 7) is 5.91. The molecule has 0 saturated carbocycles. The fraction of sp³-hybridized carbons (Fsp3) is 0.333. The van der Waals surface area contributed by atoms with E-state index in [0.29, 0.717) is 23.0 Å². The predicted molar refractivity (Wildman–Crippen MR) is 128 cm³/mol. The summed E-state index contributed by atoms with van der Waals surface area (Å²) in [5.74, 6) is -0.215. The summed E-state index contributed by atoms with van der Waals surface area (Å²) < 4.78 is 15.4. The van der Waals surface area contributed by atoms with Crippen LogP contribution in [0.2, 0.25) is 0 Å². The molecule has 0 aliphatic heterocycles. The molecule has 1 amide bonds. The van der Waals surface area contributed by atoms with Crippen LogP contribution in [0.15, 0.2) is 59.8 Å². The average molecular weight is 455 g/mol. The molecule has 1 aromatic heterocycles. The van der Waals surface area contributed by atoms with Crippen LogP contribution < -0.4 is 5.48 Å². The summed E-state index contributed by atoms with van der Waals surface area (Å²) in [5, 5.41) is 9.22. The number of hydrogen-bond donors (Lipinski definition) is 2. The first-order valence-corrected chi connectivity index (χ1v) is 11.7. The van der Waals surface area contributed by atoms with E-state index in [-0.39, 0.29) is 5.41 Å². The number of nitrogens with one attached hydrogen (secondary N) is 1. The number of carbonyl (C=O) groups is 1. The normalized spacial score (nSPS) is 13.2. The minimum Gasteiger partial charge on any atom is -0.316 e. The van der Waals surface area contributed by atoms with Gasteiger partial charge in [0.05, 0.1) is 27.6 Å². The molecule has 3 rings (SSSR count). The van der Waals surface area contributed by atoms with Gasteiger partial charge in [0.2, 0.25) is 0 Å². The molecule has 3 aromatic rings. The van der Waals surface area contributed by atoms with Crippen LogP contribution in [-0.2, 0) is 27.9 Å². The van der Waals surface area contributed by atoms with E-state index < -0.39 is 16.7 Å². The molecule has 0 aliphatic rings. The Morgan fingerprint density at radius 1 is 1.22 bits per heavy atom. The highest BCUT2D eigenvalue weighted by Crippen LogP contribution is 2.27. The lowest BCUT2D eigenvalue weighted by Crippen LogP contribution is -2.33. The SMILES string of the molecule is CN(C)CC(C)(C)Cn1c(S(=O)Cc2ccccc2)nc2cc(/C=C/C(=O)NO)ccc21. The number of fused-ring (bicyclic) bond motifs is 1.